The van der Waals surface area contributed by atoms with E-state index in [0.717, 1.165) is 0 Å². The van der Waals surface area contributed by atoms with Gasteiger partial charge < -0.3 is 5.73 Å². The number of hydrogen-bond donors (Lipinski definition) is 1. The van der Waals surface area contributed by atoms with Crippen LogP contribution in [0.2, 0.25) is 0 Å². The van der Waals surface area contributed by atoms with Gasteiger partial charge in [0.25, 0.3) is 0 Å². The lowest BCUT2D eigenvalue weighted by atomic mass is 10.1. The summed E-state index contributed by atoms with van der Waals surface area (Å²) >= 11 is 0.596. The van der Waals surface area contributed by atoms with Crippen LogP contribution in [0, 0.1) is 11.3 Å². The van der Waals surface area contributed by atoms with Gasteiger partial charge >= 0.3 is 6.18 Å². The third kappa shape index (κ3) is 2.25. The van der Waals surface area contributed by atoms with Crippen LogP contribution >= 0.6 is 11.3 Å². The van der Waals surface area contributed by atoms with Gasteiger partial charge in [-0.2, -0.15) is 18.4 Å². The van der Waals surface area contributed by atoms with Gasteiger partial charge in [-0.05, 0) is 17.0 Å². The molecular formula is C8H7F3N2S. The molecule has 0 saturated heterocycles. The molecule has 1 rings (SSSR count). The van der Waals surface area contributed by atoms with Crippen LogP contribution < -0.4 is 5.73 Å². The molecule has 14 heavy (non-hydrogen) atoms. The molecule has 1 heterocycles. The van der Waals surface area contributed by atoms with Crippen molar-refractivity contribution in [3.63, 3.8) is 0 Å². The molecule has 0 aromatic carbocycles. The molecule has 1 aromatic heterocycles. The Kier molecular flexibility index (Phi) is 3.13. The molecule has 2 nitrogen and oxygen atoms in total. The lowest BCUT2D eigenvalue weighted by Crippen LogP contribution is -2.14. The van der Waals surface area contributed by atoms with E-state index in [4.69, 9.17) is 11.0 Å². The molecule has 76 valence electrons. The molecule has 0 spiro atoms. The van der Waals surface area contributed by atoms with Crippen LogP contribution in [-0.4, -0.2) is 0 Å². The molecule has 6 heteroatoms. The number of hydrogen-bond acceptors (Lipinski definition) is 3. The highest BCUT2D eigenvalue weighted by Crippen LogP contribution is 2.38. The fourth-order valence-corrected chi connectivity index (χ4v) is 1.89. The molecule has 0 saturated carbocycles. The predicted octanol–water partition coefficient (Wildman–Crippen LogP) is 2.68. The van der Waals surface area contributed by atoms with E-state index < -0.39 is 17.1 Å². The second kappa shape index (κ2) is 3.98. The number of rotatable bonds is 2. The summed E-state index contributed by atoms with van der Waals surface area (Å²) in [6.45, 7) is 0. The normalized spacial score (nSPS) is 13.6. The number of nitrogens with zero attached hydrogens (tertiary/aromatic N) is 1. The largest absolute Gasteiger partial charge is 0.425 e. The zero-order chi connectivity index (χ0) is 10.8. The van der Waals surface area contributed by atoms with E-state index in [-0.39, 0.29) is 12.0 Å². The van der Waals surface area contributed by atoms with E-state index in [9.17, 15) is 13.2 Å². The van der Waals surface area contributed by atoms with Gasteiger partial charge in [0, 0.05) is 6.04 Å². The molecule has 0 unspecified atom stereocenters. The van der Waals surface area contributed by atoms with Gasteiger partial charge in [-0.25, -0.2) is 0 Å². The molecule has 1 aromatic rings. The molecule has 0 aliphatic rings. The van der Waals surface area contributed by atoms with Crippen molar-refractivity contribution in [1.82, 2.24) is 0 Å². The molecule has 0 aliphatic carbocycles. The fourth-order valence-electron chi connectivity index (χ4n) is 1.05. The molecule has 0 aliphatic heterocycles. The Hall–Kier alpha value is -1.06. The van der Waals surface area contributed by atoms with Crippen molar-refractivity contribution in [2.24, 2.45) is 5.73 Å². The minimum atomic E-state index is -4.38. The van der Waals surface area contributed by atoms with Crippen LogP contribution in [-0.2, 0) is 6.18 Å². The number of nitriles is 1. The van der Waals surface area contributed by atoms with Crippen molar-refractivity contribution in [3.05, 3.63) is 21.9 Å². The fraction of sp³-hybridized carbons (Fsp3) is 0.375. The molecule has 0 bridgehead atoms. The first-order valence-electron chi connectivity index (χ1n) is 3.74. The van der Waals surface area contributed by atoms with Crippen molar-refractivity contribution >= 4 is 11.3 Å². The minimum absolute atomic E-state index is 0.00375. The maximum Gasteiger partial charge on any atom is 0.425 e. The third-order valence-electron chi connectivity index (χ3n) is 1.66. The lowest BCUT2D eigenvalue weighted by Gasteiger charge is -2.11. The first kappa shape index (κ1) is 11.0. The van der Waals surface area contributed by atoms with Crippen molar-refractivity contribution in [3.8, 4) is 6.07 Å². The first-order valence-corrected chi connectivity index (χ1v) is 4.62. The van der Waals surface area contributed by atoms with Gasteiger partial charge in [0.15, 0.2) is 0 Å². The Bertz CT molecular complexity index is 350. The summed E-state index contributed by atoms with van der Waals surface area (Å²) in [4.78, 5) is -0.708. The molecule has 0 radical (unpaired) electrons. The second-order valence-electron chi connectivity index (χ2n) is 2.67. The van der Waals surface area contributed by atoms with Crippen molar-refractivity contribution < 1.29 is 13.2 Å². The van der Waals surface area contributed by atoms with Crippen LogP contribution in [0.1, 0.15) is 22.9 Å². The average molecular weight is 220 g/mol. The van der Waals surface area contributed by atoms with Gasteiger partial charge in [-0.15, -0.1) is 11.3 Å². The molecular weight excluding hydrogens is 213 g/mol. The number of nitrogens with two attached hydrogens (primary N) is 1. The summed E-state index contributed by atoms with van der Waals surface area (Å²) in [5.41, 5.74) is 5.44. The maximum absolute atomic E-state index is 12.4. The van der Waals surface area contributed by atoms with E-state index in [2.05, 4.69) is 0 Å². The number of thiophene rings is 1. The first-order chi connectivity index (χ1) is 6.46. The maximum atomic E-state index is 12.4. The van der Waals surface area contributed by atoms with Gasteiger partial charge in [-0.1, -0.05) is 0 Å². The Morgan fingerprint density at radius 3 is 2.71 bits per heavy atom. The van der Waals surface area contributed by atoms with Crippen LogP contribution in [0.25, 0.3) is 0 Å². The minimum Gasteiger partial charge on any atom is -0.323 e. The SMILES string of the molecule is N#CC[C@H](N)c1ccsc1C(F)(F)F. The zero-order valence-electron chi connectivity index (χ0n) is 7.01. The van der Waals surface area contributed by atoms with E-state index >= 15 is 0 Å². The van der Waals surface area contributed by atoms with Crippen molar-refractivity contribution in [2.45, 2.75) is 18.6 Å². The van der Waals surface area contributed by atoms with Gasteiger partial charge in [0.2, 0.25) is 0 Å². The zero-order valence-corrected chi connectivity index (χ0v) is 7.82. The molecule has 0 amide bonds. The average Bonchev–Trinajstić information content (AvgIpc) is 2.50. The lowest BCUT2D eigenvalue weighted by molar-refractivity contribution is -0.135. The van der Waals surface area contributed by atoms with Crippen LogP contribution in [0.15, 0.2) is 11.4 Å². The molecule has 1 atom stereocenters. The summed E-state index contributed by atoms with van der Waals surface area (Å²) in [5.74, 6) is 0. The summed E-state index contributed by atoms with van der Waals surface area (Å²) in [6, 6.07) is 2.20. The summed E-state index contributed by atoms with van der Waals surface area (Å²) in [7, 11) is 0. The van der Waals surface area contributed by atoms with E-state index in [1.54, 1.807) is 6.07 Å². The summed E-state index contributed by atoms with van der Waals surface area (Å²) in [5, 5.41) is 9.65. The van der Waals surface area contributed by atoms with Crippen LogP contribution in [0.5, 0.6) is 0 Å². The molecule has 2 N–H and O–H groups in total. The van der Waals surface area contributed by atoms with Gasteiger partial charge in [0.05, 0.1) is 12.5 Å². The quantitative estimate of drug-likeness (QED) is 0.832. The number of halogens is 3. The Morgan fingerprint density at radius 2 is 2.21 bits per heavy atom. The van der Waals surface area contributed by atoms with Gasteiger partial charge in [-0.3, -0.25) is 0 Å². The summed E-state index contributed by atoms with van der Waals surface area (Å²) in [6.07, 6.45) is -4.49. The Morgan fingerprint density at radius 1 is 1.57 bits per heavy atom. The topological polar surface area (TPSA) is 49.8 Å². The monoisotopic (exact) mass is 220 g/mol. The predicted molar refractivity (Wildman–Crippen MR) is 46.5 cm³/mol. The second-order valence-corrected chi connectivity index (χ2v) is 3.59. The Balaban J connectivity index is 3.00. The number of alkyl halides is 3. The molecule has 0 fully saturated rings. The standard InChI is InChI=1S/C8H7F3N2S/c9-8(10,11)7-5(2-4-14-7)6(13)1-3-12/h2,4,6H,1,13H2/t6-/m0/s1. The van der Waals surface area contributed by atoms with Crippen LogP contribution in [0.4, 0.5) is 13.2 Å². The highest BCUT2D eigenvalue weighted by Gasteiger charge is 2.36. The van der Waals surface area contributed by atoms with Crippen molar-refractivity contribution in [2.75, 3.05) is 0 Å². The highest BCUT2D eigenvalue weighted by atomic mass is 32.1. The van der Waals surface area contributed by atoms with E-state index in [1.807, 2.05) is 0 Å². The van der Waals surface area contributed by atoms with Gasteiger partial charge in [0.1, 0.15) is 4.88 Å². The van der Waals surface area contributed by atoms with E-state index in [0.29, 0.717) is 11.3 Å². The van der Waals surface area contributed by atoms with E-state index in [1.165, 1.54) is 11.4 Å². The third-order valence-corrected chi connectivity index (χ3v) is 2.64. The highest BCUT2D eigenvalue weighted by molar-refractivity contribution is 7.10. The smallest absolute Gasteiger partial charge is 0.323 e. The summed E-state index contributed by atoms with van der Waals surface area (Å²) < 4.78 is 37.1. The Labute approximate surface area is 82.8 Å². The van der Waals surface area contributed by atoms with Crippen LogP contribution in [0.3, 0.4) is 0 Å². The van der Waals surface area contributed by atoms with Crippen molar-refractivity contribution in [1.29, 1.82) is 5.26 Å².